The van der Waals surface area contributed by atoms with Gasteiger partial charge < -0.3 is 31.0 Å². The number of aliphatic hydroxyl groups is 2. The molecule has 4 aromatic rings. The van der Waals surface area contributed by atoms with E-state index in [0.717, 1.165) is 39.2 Å². The van der Waals surface area contributed by atoms with E-state index in [-0.39, 0.29) is 12.1 Å². The first kappa shape index (κ1) is 21.7. The Kier molecular flexibility index (Phi) is 5.03. The highest BCUT2D eigenvalue weighted by atomic mass is 79.9. The number of hydrogen-bond donors (Lipinski definition) is 4. The number of aromatic nitrogens is 4. The number of nitrogens with zero attached hydrogens (tertiary/aromatic N) is 4. The molecule has 2 fully saturated rings. The minimum absolute atomic E-state index is 0.106. The van der Waals surface area contributed by atoms with Crippen LogP contribution in [-0.4, -0.2) is 48.5 Å². The van der Waals surface area contributed by atoms with Crippen molar-refractivity contribution in [3.8, 4) is 0 Å². The molecule has 2 aliphatic rings. The Bertz CT molecular complexity index is 1400. The first-order valence-electron chi connectivity index (χ1n) is 11.3. The van der Waals surface area contributed by atoms with Crippen LogP contribution in [-0.2, 0) is 4.74 Å². The van der Waals surface area contributed by atoms with Gasteiger partial charge in [-0.3, -0.25) is 0 Å². The predicted molar refractivity (Wildman–Crippen MR) is 132 cm³/mol. The second-order valence-corrected chi connectivity index (χ2v) is 10.3. The summed E-state index contributed by atoms with van der Waals surface area (Å²) in [4.78, 5) is 12.9. The summed E-state index contributed by atoms with van der Waals surface area (Å²) in [6.07, 6.45) is 3.38. The third-order valence-corrected chi connectivity index (χ3v) is 8.16. The lowest BCUT2D eigenvalue weighted by atomic mass is 9.76. The number of halogens is 1. The lowest BCUT2D eigenvalue weighted by Crippen LogP contribution is -2.42. The molecule has 176 valence electrons. The number of ether oxygens (including phenoxy) is 1. The molecular formula is C24H25BrN6O3. The lowest BCUT2D eigenvalue weighted by molar-refractivity contribution is -0.120. The molecule has 3 aromatic heterocycles. The third-order valence-electron chi connectivity index (χ3n) is 7.53. The highest BCUT2D eigenvalue weighted by Gasteiger charge is 2.55. The third kappa shape index (κ3) is 3.28. The van der Waals surface area contributed by atoms with Crippen molar-refractivity contribution < 1.29 is 14.9 Å². The molecule has 1 spiro atoms. The van der Waals surface area contributed by atoms with Crippen LogP contribution in [0, 0.1) is 5.41 Å². The number of pyridine rings is 1. The van der Waals surface area contributed by atoms with Crippen LogP contribution in [0.2, 0.25) is 0 Å². The number of anilines is 2. The van der Waals surface area contributed by atoms with E-state index in [1.807, 2.05) is 41.1 Å². The molecule has 0 bridgehead atoms. The molecule has 5 atom stereocenters. The summed E-state index contributed by atoms with van der Waals surface area (Å²) in [5.74, 6) is 0.848. The van der Waals surface area contributed by atoms with Crippen molar-refractivity contribution >= 4 is 49.5 Å². The first-order valence-corrected chi connectivity index (χ1v) is 12.1. The Hall–Kier alpha value is -2.79. The van der Waals surface area contributed by atoms with Gasteiger partial charge in [0.1, 0.15) is 29.7 Å². The van der Waals surface area contributed by atoms with Crippen LogP contribution >= 0.6 is 15.9 Å². The molecule has 0 unspecified atom stereocenters. The first-order chi connectivity index (χ1) is 16.4. The van der Waals surface area contributed by atoms with Crippen LogP contribution in [0.4, 0.5) is 11.6 Å². The smallest absolute Gasteiger partial charge is 0.145 e. The van der Waals surface area contributed by atoms with E-state index in [0.29, 0.717) is 30.3 Å². The van der Waals surface area contributed by atoms with E-state index in [1.165, 1.54) is 6.33 Å². The normalized spacial score (nSPS) is 29.4. The maximum Gasteiger partial charge on any atom is 0.145 e. The van der Waals surface area contributed by atoms with Crippen molar-refractivity contribution in [3.63, 3.8) is 0 Å². The topological polar surface area (TPSA) is 145 Å². The van der Waals surface area contributed by atoms with E-state index in [1.54, 1.807) is 0 Å². The Morgan fingerprint density at radius 2 is 1.97 bits per heavy atom. The largest absolute Gasteiger partial charge is 0.390 e. The van der Waals surface area contributed by atoms with Gasteiger partial charge in [0.15, 0.2) is 0 Å². The summed E-state index contributed by atoms with van der Waals surface area (Å²) >= 11 is 3.42. The fourth-order valence-corrected chi connectivity index (χ4v) is 5.96. The Balaban J connectivity index is 1.24. The molecule has 0 amide bonds. The van der Waals surface area contributed by atoms with E-state index < -0.39 is 17.6 Å². The standard InChI is InChI=1S/C24H25BrN6O3/c25-15-7-12-1-2-13(8-16(12)30-22(15)27)18-3-5-24(10-34-18)9-17(19(32)20(24)33)31-6-4-14-21(26)28-11-29-23(14)31/h1-2,4,6-8,11,17-20,32-33H,3,5,9-10H2,(H2,27,30)(H2,26,28,29)/t17-,18+,19+,20+,24+/m1/s1. The average molecular weight is 525 g/mol. The maximum atomic E-state index is 11.1. The van der Waals surface area contributed by atoms with Gasteiger partial charge in [0.2, 0.25) is 0 Å². The Morgan fingerprint density at radius 1 is 1.12 bits per heavy atom. The van der Waals surface area contributed by atoms with Gasteiger partial charge in [-0.25, -0.2) is 15.0 Å². The summed E-state index contributed by atoms with van der Waals surface area (Å²) in [5, 5.41) is 23.8. The zero-order chi connectivity index (χ0) is 23.6. The molecule has 0 radical (unpaired) electrons. The van der Waals surface area contributed by atoms with Crippen molar-refractivity contribution in [1.29, 1.82) is 0 Å². The molecule has 1 saturated heterocycles. The second kappa shape index (κ2) is 7.88. The molecule has 4 heterocycles. The molecule has 1 aliphatic heterocycles. The number of fused-ring (bicyclic) bond motifs is 2. The summed E-state index contributed by atoms with van der Waals surface area (Å²) in [6, 6.07) is 9.56. The zero-order valence-electron chi connectivity index (χ0n) is 18.3. The SMILES string of the molecule is Nc1nc2cc([C@@H]3CC[C@@]4(CO3)C[C@@H](n3ccc5c(N)ncnc53)[C@H](O)[C@@H]4O)ccc2cc1Br. The van der Waals surface area contributed by atoms with Crippen molar-refractivity contribution in [2.45, 2.75) is 43.6 Å². The molecule has 9 nitrogen and oxygen atoms in total. The number of hydrogen-bond acceptors (Lipinski definition) is 8. The van der Waals surface area contributed by atoms with Crippen LogP contribution < -0.4 is 11.5 Å². The van der Waals surface area contributed by atoms with Gasteiger partial charge in [-0.2, -0.15) is 0 Å². The van der Waals surface area contributed by atoms with E-state index >= 15 is 0 Å². The van der Waals surface area contributed by atoms with E-state index in [4.69, 9.17) is 16.2 Å². The number of benzene rings is 1. The fourth-order valence-electron chi connectivity index (χ4n) is 5.62. The quantitative estimate of drug-likeness (QED) is 0.313. The molecule has 10 heteroatoms. The minimum Gasteiger partial charge on any atom is -0.390 e. The highest BCUT2D eigenvalue weighted by molar-refractivity contribution is 9.10. The van der Waals surface area contributed by atoms with Crippen LogP contribution in [0.15, 0.2) is 47.3 Å². The van der Waals surface area contributed by atoms with Crippen molar-refractivity contribution in [3.05, 3.63) is 52.9 Å². The van der Waals surface area contributed by atoms with E-state index in [9.17, 15) is 10.2 Å². The van der Waals surface area contributed by atoms with Crippen molar-refractivity contribution in [1.82, 2.24) is 19.5 Å². The van der Waals surface area contributed by atoms with Crippen molar-refractivity contribution in [2.75, 3.05) is 18.1 Å². The second-order valence-electron chi connectivity index (χ2n) is 9.43. The molecule has 34 heavy (non-hydrogen) atoms. The number of nitrogen functional groups attached to an aromatic ring is 2. The molecular weight excluding hydrogens is 500 g/mol. The monoisotopic (exact) mass is 524 g/mol. The van der Waals surface area contributed by atoms with Gasteiger partial charge in [-0.1, -0.05) is 12.1 Å². The van der Waals surface area contributed by atoms with E-state index in [2.05, 4.69) is 30.9 Å². The summed E-state index contributed by atoms with van der Waals surface area (Å²) < 4.78 is 8.98. The summed E-state index contributed by atoms with van der Waals surface area (Å²) in [6.45, 7) is 0.358. The number of rotatable bonds is 2. The lowest BCUT2D eigenvalue weighted by Gasteiger charge is -2.40. The minimum atomic E-state index is -0.932. The van der Waals surface area contributed by atoms with Gasteiger partial charge in [0.05, 0.1) is 40.2 Å². The molecule has 1 saturated carbocycles. The van der Waals surface area contributed by atoms with Gasteiger partial charge in [0, 0.05) is 17.0 Å². The van der Waals surface area contributed by atoms with Gasteiger partial charge >= 0.3 is 0 Å². The maximum absolute atomic E-state index is 11.1. The fraction of sp³-hybridized carbons (Fsp3) is 0.375. The van der Waals surface area contributed by atoms with Crippen LogP contribution in [0.3, 0.4) is 0 Å². The molecule has 6 N–H and O–H groups in total. The zero-order valence-corrected chi connectivity index (χ0v) is 19.9. The van der Waals surface area contributed by atoms with Crippen LogP contribution in [0.1, 0.15) is 37.0 Å². The van der Waals surface area contributed by atoms with Gasteiger partial charge in [0.25, 0.3) is 0 Å². The molecule has 1 aromatic carbocycles. The number of nitrogens with two attached hydrogens (primary N) is 2. The van der Waals surface area contributed by atoms with Gasteiger partial charge in [-0.15, -0.1) is 0 Å². The molecule has 6 rings (SSSR count). The van der Waals surface area contributed by atoms with Gasteiger partial charge in [-0.05, 0) is 59.0 Å². The predicted octanol–water partition coefficient (Wildman–Crippen LogP) is 3.11. The summed E-state index contributed by atoms with van der Waals surface area (Å²) in [5.41, 5.74) is 13.9. The molecule has 1 aliphatic carbocycles. The Morgan fingerprint density at radius 3 is 2.76 bits per heavy atom. The van der Waals surface area contributed by atoms with Crippen molar-refractivity contribution in [2.24, 2.45) is 5.41 Å². The average Bonchev–Trinajstić information content (AvgIpc) is 3.36. The Labute approximate surface area is 203 Å². The summed E-state index contributed by atoms with van der Waals surface area (Å²) in [7, 11) is 0. The van der Waals surface area contributed by atoms with Crippen LogP contribution in [0.25, 0.3) is 21.9 Å². The highest BCUT2D eigenvalue weighted by Crippen LogP contribution is 2.52. The number of aliphatic hydroxyl groups excluding tert-OH is 2. The van der Waals surface area contributed by atoms with Crippen LogP contribution in [0.5, 0.6) is 0 Å².